The molecule has 2 aromatic rings. The summed E-state index contributed by atoms with van der Waals surface area (Å²) in [6.07, 6.45) is 1.32. The van der Waals surface area contributed by atoms with Crippen molar-refractivity contribution in [3.05, 3.63) is 65.2 Å². The predicted octanol–water partition coefficient (Wildman–Crippen LogP) is 3.93. The number of carbonyl (C=O) groups excluding carboxylic acids is 3. The Morgan fingerprint density at radius 1 is 1.12 bits per heavy atom. The van der Waals surface area contributed by atoms with Crippen LogP contribution in [0.15, 0.2) is 48.5 Å². The van der Waals surface area contributed by atoms with E-state index in [0.717, 1.165) is 24.0 Å². The number of hydrogen-bond acceptors (Lipinski definition) is 4. The number of nitrogens with zero attached hydrogens (tertiary/aromatic N) is 1. The summed E-state index contributed by atoms with van der Waals surface area (Å²) >= 11 is 0. The average Bonchev–Trinajstić information content (AvgIpc) is 3.56. The van der Waals surface area contributed by atoms with E-state index in [4.69, 9.17) is 4.74 Å². The topological polar surface area (TPSA) is 87.7 Å². The van der Waals surface area contributed by atoms with E-state index in [1.807, 2.05) is 37.3 Å². The average molecular weight is 436 g/mol. The van der Waals surface area contributed by atoms with Gasteiger partial charge in [-0.15, -0.1) is 0 Å². The molecule has 4 rings (SSSR count). The molecule has 2 N–H and O–H groups in total. The Bertz CT molecular complexity index is 1000. The number of carbonyl (C=O) groups is 3. The molecule has 0 radical (unpaired) electrons. The molecule has 2 fully saturated rings. The molecule has 7 nitrogen and oxygen atoms in total. The molecule has 1 aliphatic heterocycles. The fourth-order valence-electron chi connectivity index (χ4n) is 3.81. The second-order valence-electron chi connectivity index (χ2n) is 8.58. The third-order valence-electron chi connectivity index (χ3n) is 5.91. The van der Waals surface area contributed by atoms with Crippen LogP contribution in [-0.4, -0.2) is 35.4 Å². The fourth-order valence-corrected chi connectivity index (χ4v) is 3.81. The van der Waals surface area contributed by atoms with Gasteiger partial charge in [0, 0.05) is 18.7 Å². The van der Waals surface area contributed by atoms with Gasteiger partial charge >= 0.3 is 6.09 Å². The first-order valence-electron chi connectivity index (χ1n) is 11.1. The zero-order chi connectivity index (χ0) is 22.7. The van der Waals surface area contributed by atoms with Crippen molar-refractivity contribution in [2.75, 3.05) is 11.9 Å². The summed E-state index contributed by atoms with van der Waals surface area (Å²) in [7, 11) is 0. The summed E-state index contributed by atoms with van der Waals surface area (Å²) < 4.78 is 5.71. The number of benzene rings is 2. The molecule has 7 heteroatoms. The van der Waals surface area contributed by atoms with Crippen LogP contribution in [0.4, 0.5) is 10.5 Å². The molecule has 1 aliphatic carbocycles. The van der Waals surface area contributed by atoms with Gasteiger partial charge in [-0.3, -0.25) is 14.5 Å². The molecule has 2 atom stereocenters. The molecule has 2 aliphatic rings. The number of ether oxygens (including phenoxy) is 1. The molecule has 3 amide bonds. The Morgan fingerprint density at radius 3 is 2.56 bits per heavy atom. The zero-order valence-electron chi connectivity index (χ0n) is 18.5. The van der Waals surface area contributed by atoms with Gasteiger partial charge in [0.15, 0.2) is 12.1 Å². The lowest BCUT2D eigenvalue weighted by molar-refractivity contribution is -0.126. The molecule has 1 heterocycles. The minimum atomic E-state index is -0.792. The third kappa shape index (κ3) is 5.10. The lowest BCUT2D eigenvalue weighted by atomic mass is 10.00. The highest BCUT2D eigenvalue weighted by atomic mass is 16.6. The highest BCUT2D eigenvalue weighted by Crippen LogP contribution is 2.35. The number of hydrogen-bond donors (Lipinski definition) is 2. The Balaban J connectivity index is 1.60. The summed E-state index contributed by atoms with van der Waals surface area (Å²) in [5.41, 5.74) is 3.34. The lowest BCUT2D eigenvalue weighted by Gasteiger charge is -2.24. The summed E-state index contributed by atoms with van der Waals surface area (Å²) in [5.74, 6) is 0.196. The van der Waals surface area contributed by atoms with Crippen LogP contribution in [-0.2, 0) is 20.9 Å². The zero-order valence-corrected chi connectivity index (χ0v) is 18.5. The fraction of sp³-hybridized carbons (Fsp3) is 0.400. The van der Waals surface area contributed by atoms with Gasteiger partial charge in [0.05, 0.1) is 6.54 Å². The minimum absolute atomic E-state index is 0.106. The molecule has 32 heavy (non-hydrogen) atoms. The minimum Gasteiger partial charge on any atom is -0.438 e. The van der Waals surface area contributed by atoms with E-state index in [1.54, 1.807) is 25.1 Å². The Labute approximate surface area is 188 Å². The summed E-state index contributed by atoms with van der Waals surface area (Å²) in [6.45, 7) is 4.67. The Hall–Kier alpha value is -3.35. The molecule has 0 aromatic heterocycles. The molecular weight excluding hydrogens is 406 g/mol. The molecule has 2 unspecified atom stereocenters. The van der Waals surface area contributed by atoms with Crippen molar-refractivity contribution in [2.24, 2.45) is 5.92 Å². The van der Waals surface area contributed by atoms with E-state index in [-0.39, 0.29) is 18.4 Å². The van der Waals surface area contributed by atoms with Gasteiger partial charge in [0.2, 0.25) is 11.8 Å². The first-order valence-corrected chi connectivity index (χ1v) is 11.1. The van der Waals surface area contributed by atoms with Gasteiger partial charge in [-0.1, -0.05) is 48.9 Å². The second kappa shape index (κ2) is 9.42. The van der Waals surface area contributed by atoms with Gasteiger partial charge < -0.3 is 15.4 Å². The van der Waals surface area contributed by atoms with E-state index in [2.05, 4.69) is 10.6 Å². The first kappa shape index (κ1) is 21.9. The van der Waals surface area contributed by atoms with Crippen LogP contribution in [0, 0.1) is 12.8 Å². The summed E-state index contributed by atoms with van der Waals surface area (Å²) in [4.78, 5) is 39.4. The quantitative estimate of drug-likeness (QED) is 0.658. The van der Waals surface area contributed by atoms with E-state index >= 15 is 0 Å². The van der Waals surface area contributed by atoms with Crippen LogP contribution in [0.3, 0.4) is 0 Å². The summed E-state index contributed by atoms with van der Waals surface area (Å²) in [5, 5.41) is 5.83. The Morgan fingerprint density at radius 2 is 1.88 bits per heavy atom. The Kier molecular flexibility index (Phi) is 6.44. The van der Waals surface area contributed by atoms with Crippen molar-refractivity contribution in [1.29, 1.82) is 0 Å². The van der Waals surface area contributed by atoms with E-state index in [9.17, 15) is 14.4 Å². The monoisotopic (exact) mass is 435 g/mol. The molecule has 0 spiro atoms. The molecular formula is C25H29N3O4. The molecule has 1 saturated carbocycles. The van der Waals surface area contributed by atoms with Crippen molar-refractivity contribution >= 4 is 23.6 Å². The maximum absolute atomic E-state index is 13.2. The predicted molar refractivity (Wildman–Crippen MR) is 121 cm³/mol. The largest absolute Gasteiger partial charge is 0.438 e. The number of nitrogens with one attached hydrogen (secondary N) is 2. The van der Waals surface area contributed by atoms with Crippen molar-refractivity contribution in [2.45, 2.75) is 51.8 Å². The van der Waals surface area contributed by atoms with E-state index in [0.29, 0.717) is 30.1 Å². The normalized spacial score (nSPS) is 20.1. The SMILES string of the molecule is CCC(=O)Nc1cccc(C2OC(=O)N(Cc3ccc(C)cc3)C2C(=O)NCC2CC2)c1. The maximum Gasteiger partial charge on any atom is 0.411 e. The van der Waals surface area contributed by atoms with Crippen molar-refractivity contribution < 1.29 is 19.1 Å². The standard InChI is InChI=1S/C25H29N3O4/c1-3-21(29)27-20-6-4-5-19(13-20)23-22(24(30)26-14-17-11-12-17)28(25(31)32-23)15-18-9-7-16(2)8-10-18/h4-10,13,17,22-23H,3,11-12,14-15H2,1-2H3,(H,26,30)(H,27,29). The molecule has 1 saturated heterocycles. The van der Waals surface area contributed by atoms with E-state index < -0.39 is 18.2 Å². The van der Waals surface area contributed by atoms with E-state index in [1.165, 1.54) is 4.90 Å². The van der Waals surface area contributed by atoms with Crippen molar-refractivity contribution in [3.8, 4) is 0 Å². The maximum atomic E-state index is 13.2. The van der Waals surface area contributed by atoms with Crippen LogP contribution < -0.4 is 10.6 Å². The number of rotatable bonds is 8. The van der Waals surface area contributed by atoms with Crippen LogP contribution in [0.1, 0.15) is 49.0 Å². The van der Waals surface area contributed by atoms with Crippen LogP contribution in [0.25, 0.3) is 0 Å². The number of amides is 3. The smallest absolute Gasteiger partial charge is 0.411 e. The number of cyclic esters (lactones) is 1. The van der Waals surface area contributed by atoms with Gasteiger partial charge in [-0.2, -0.15) is 0 Å². The van der Waals surface area contributed by atoms with Crippen LogP contribution in [0.2, 0.25) is 0 Å². The summed E-state index contributed by atoms with van der Waals surface area (Å²) in [6, 6.07) is 14.2. The highest BCUT2D eigenvalue weighted by Gasteiger charge is 2.47. The van der Waals surface area contributed by atoms with Gasteiger partial charge in [0.1, 0.15) is 0 Å². The highest BCUT2D eigenvalue weighted by molar-refractivity contribution is 5.91. The molecule has 2 aromatic carbocycles. The van der Waals surface area contributed by atoms with Gasteiger partial charge in [0.25, 0.3) is 0 Å². The van der Waals surface area contributed by atoms with Crippen molar-refractivity contribution in [3.63, 3.8) is 0 Å². The lowest BCUT2D eigenvalue weighted by Crippen LogP contribution is -2.46. The van der Waals surface area contributed by atoms with Crippen LogP contribution >= 0.6 is 0 Å². The molecule has 168 valence electrons. The second-order valence-corrected chi connectivity index (χ2v) is 8.58. The van der Waals surface area contributed by atoms with Crippen molar-refractivity contribution in [1.82, 2.24) is 10.2 Å². The first-order chi connectivity index (χ1) is 15.4. The van der Waals surface area contributed by atoms with Gasteiger partial charge in [-0.05, 0) is 48.9 Å². The van der Waals surface area contributed by atoms with Gasteiger partial charge in [-0.25, -0.2) is 4.79 Å². The molecule has 0 bridgehead atoms. The third-order valence-corrected chi connectivity index (χ3v) is 5.91. The number of aryl methyl sites for hydroxylation is 1. The number of anilines is 1. The van der Waals surface area contributed by atoms with Crippen LogP contribution in [0.5, 0.6) is 0 Å².